The third-order valence-corrected chi connectivity index (χ3v) is 1.43. The number of hydrogen-bond acceptors (Lipinski definition) is 3. The normalized spacial score (nSPS) is 23.8. The second-order valence-electron chi connectivity index (χ2n) is 2.37. The number of morpholine rings is 1. The summed E-state index contributed by atoms with van der Waals surface area (Å²) in [6.07, 6.45) is 0.318. The van der Waals surface area contributed by atoms with E-state index in [9.17, 15) is 4.79 Å². The lowest BCUT2D eigenvalue weighted by Gasteiger charge is -2.22. The fraction of sp³-hybridized carbons (Fsp3) is 0.833. The summed E-state index contributed by atoms with van der Waals surface area (Å²) in [4.78, 5) is 10.4. The molecule has 5 heteroatoms. The number of nitrogens with one attached hydrogen (secondary N) is 1. The summed E-state index contributed by atoms with van der Waals surface area (Å²) < 4.78 is 5.23. The Hall–Kier alpha value is -0.320. The Morgan fingerprint density at radius 2 is 2.45 bits per heavy atom. The first-order valence-electron chi connectivity index (χ1n) is 3.39. The minimum absolute atomic E-state index is 0. The molecule has 0 aromatic heterocycles. The van der Waals surface area contributed by atoms with Gasteiger partial charge in [-0.05, 0) is 0 Å². The highest BCUT2D eigenvalue weighted by Crippen LogP contribution is 1.99. The van der Waals surface area contributed by atoms with Crippen LogP contribution in [0.5, 0.6) is 0 Å². The summed E-state index contributed by atoms with van der Waals surface area (Å²) >= 11 is 0. The molecule has 0 aromatic rings. The number of hydrogen-bond donors (Lipinski definition) is 2. The standard InChI is InChI=1S/C6H12N2O2.ClH/c7-6(9)3-5-4-8-1-2-10-5;/h5,8H,1-4H2,(H2,7,9);1H. The van der Waals surface area contributed by atoms with E-state index in [0.29, 0.717) is 13.0 Å². The van der Waals surface area contributed by atoms with Crippen LogP contribution in [-0.2, 0) is 9.53 Å². The Labute approximate surface area is 71.9 Å². The molecule has 11 heavy (non-hydrogen) atoms. The maximum atomic E-state index is 10.4. The van der Waals surface area contributed by atoms with E-state index in [1.807, 2.05) is 0 Å². The second-order valence-corrected chi connectivity index (χ2v) is 2.37. The van der Waals surface area contributed by atoms with Gasteiger partial charge in [0.2, 0.25) is 5.91 Å². The van der Waals surface area contributed by atoms with Crippen LogP contribution in [0.1, 0.15) is 6.42 Å². The molecule has 1 fully saturated rings. The first-order chi connectivity index (χ1) is 4.79. The summed E-state index contributed by atoms with van der Waals surface area (Å²) in [5, 5.41) is 3.11. The van der Waals surface area contributed by atoms with Crippen molar-refractivity contribution in [2.24, 2.45) is 5.73 Å². The number of nitrogens with two attached hydrogens (primary N) is 1. The molecule has 3 N–H and O–H groups in total. The zero-order chi connectivity index (χ0) is 7.40. The maximum Gasteiger partial charge on any atom is 0.220 e. The monoisotopic (exact) mass is 180 g/mol. The van der Waals surface area contributed by atoms with Crippen LogP contribution < -0.4 is 11.1 Å². The van der Waals surface area contributed by atoms with Crippen molar-refractivity contribution >= 4 is 18.3 Å². The van der Waals surface area contributed by atoms with Gasteiger partial charge >= 0.3 is 0 Å². The molecule has 1 rings (SSSR count). The molecular formula is C6H13ClN2O2. The van der Waals surface area contributed by atoms with Crippen LogP contribution in [-0.4, -0.2) is 31.7 Å². The van der Waals surface area contributed by atoms with Gasteiger partial charge in [-0.1, -0.05) is 0 Å². The average Bonchev–Trinajstić information content (AvgIpc) is 1.88. The van der Waals surface area contributed by atoms with Gasteiger partial charge in [0.15, 0.2) is 0 Å². The Morgan fingerprint density at radius 3 is 2.91 bits per heavy atom. The fourth-order valence-corrected chi connectivity index (χ4v) is 0.975. The number of ether oxygens (including phenoxy) is 1. The van der Waals surface area contributed by atoms with Gasteiger partial charge in [0.1, 0.15) is 0 Å². The van der Waals surface area contributed by atoms with Crippen LogP contribution in [0.2, 0.25) is 0 Å². The highest BCUT2D eigenvalue weighted by Gasteiger charge is 2.14. The van der Waals surface area contributed by atoms with Crippen molar-refractivity contribution in [2.75, 3.05) is 19.7 Å². The number of carbonyl (C=O) groups excluding carboxylic acids is 1. The highest BCUT2D eigenvalue weighted by molar-refractivity contribution is 5.85. The van der Waals surface area contributed by atoms with Gasteiger partial charge in [-0.25, -0.2) is 0 Å². The number of rotatable bonds is 2. The average molecular weight is 181 g/mol. The minimum atomic E-state index is -0.297. The highest BCUT2D eigenvalue weighted by atomic mass is 35.5. The molecule has 1 amide bonds. The van der Waals surface area contributed by atoms with Gasteiger partial charge in [0, 0.05) is 13.1 Å². The van der Waals surface area contributed by atoms with E-state index in [2.05, 4.69) is 5.32 Å². The van der Waals surface area contributed by atoms with Crippen LogP contribution in [0.4, 0.5) is 0 Å². The molecule has 4 nitrogen and oxygen atoms in total. The molecule has 0 spiro atoms. The first kappa shape index (κ1) is 10.7. The summed E-state index contributed by atoms with van der Waals surface area (Å²) in [5.41, 5.74) is 4.98. The Bertz CT molecular complexity index is 126. The van der Waals surface area contributed by atoms with Crippen LogP contribution in [0, 0.1) is 0 Å². The Morgan fingerprint density at radius 1 is 1.73 bits per heavy atom. The molecule has 0 radical (unpaired) electrons. The number of halogens is 1. The summed E-state index contributed by atoms with van der Waals surface area (Å²) in [7, 11) is 0. The van der Waals surface area contributed by atoms with E-state index in [0.717, 1.165) is 13.1 Å². The largest absolute Gasteiger partial charge is 0.375 e. The van der Waals surface area contributed by atoms with E-state index < -0.39 is 0 Å². The molecule has 0 aromatic carbocycles. The van der Waals surface area contributed by atoms with Crippen LogP contribution >= 0.6 is 12.4 Å². The predicted molar refractivity (Wildman–Crippen MR) is 43.7 cm³/mol. The lowest BCUT2D eigenvalue weighted by Crippen LogP contribution is -2.40. The molecule has 0 bridgehead atoms. The van der Waals surface area contributed by atoms with E-state index in [1.54, 1.807) is 0 Å². The van der Waals surface area contributed by atoms with Crippen LogP contribution in [0.3, 0.4) is 0 Å². The van der Waals surface area contributed by atoms with Gasteiger partial charge in [-0.15, -0.1) is 12.4 Å². The van der Waals surface area contributed by atoms with E-state index >= 15 is 0 Å². The summed E-state index contributed by atoms with van der Waals surface area (Å²) in [5.74, 6) is -0.297. The third-order valence-electron chi connectivity index (χ3n) is 1.43. The smallest absolute Gasteiger partial charge is 0.220 e. The Kier molecular flexibility index (Phi) is 5.19. The van der Waals surface area contributed by atoms with E-state index in [-0.39, 0.29) is 24.4 Å². The van der Waals surface area contributed by atoms with Crippen molar-refractivity contribution in [3.8, 4) is 0 Å². The zero-order valence-corrected chi connectivity index (χ0v) is 7.02. The molecule has 1 unspecified atom stereocenters. The van der Waals surface area contributed by atoms with Crippen molar-refractivity contribution in [1.82, 2.24) is 5.32 Å². The maximum absolute atomic E-state index is 10.4. The fourth-order valence-electron chi connectivity index (χ4n) is 0.975. The van der Waals surface area contributed by atoms with Crippen LogP contribution in [0.25, 0.3) is 0 Å². The molecule has 1 aliphatic rings. The number of amides is 1. The van der Waals surface area contributed by atoms with Crippen molar-refractivity contribution < 1.29 is 9.53 Å². The van der Waals surface area contributed by atoms with Gasteiger partial charge in [0.25, 0.3) is 0 Å². The van der Waals surface area contributed by atoms with Crippen LogP contribution in [0.15, 0.2) is 0 Å². The zero-order valence-electron chi connectivity index (χ0n) is 6.21. The number of primary amides is 1. The molecule has 1 heterocycles. The first-order valence-corrected chi connectivity index (χ1v) is 3.39. The van der Waals surface area contributed by atoms with E-state index in [4.69, 9.17) is 10.5 Å². The quantitative estimate of drug-likeness (QED) is 0.589. The molecule has 66 valence electrons. The minimum Gasteiger partial charge on any atom is -0.375 e. The topological polar surface area (TPSA) is 64.4 Å². The van der Waals surface area contributed by atoms with Gasteiger partial charge in [-0.3, -0.25) is 4.79 Å². The second kappa shape index (κ2) is 5.35. The van der Waals surface area contributed by atoms with Crippen molar-refractivity contribution in [2.45, 2.75) is 12.5 Å². The molecule has 0 aliphatic carbocycles. The molecular weight excluding hydrogens is 168 g/mol. The molecule has 1 atom stereocenters. The van der Waals surface area contributed by atoms with Crippen molar-refractivity contribution in [3.05, 3.63) is 0 Å². The van der Waals surface area contributed by atoms with E-state index in [1.165, 1.54) is 0 Å². The molecule has 0 saturated carbocycles. The summed E-state index contributed by atoms with van der Waals surface area (Å²) in [6, 6.07) is 0. The third kappa shape index (κ3) is 4.19. The Balaban J connectivity index is 0.000001000. The lowest BCUT2D eigenvalue weighted by molar-refractivity contribution is -0.121. The molecule has 1 saturated heterocycles. The van der Waals surface area contributed by atoms with Gasteiger partial charge in [-0.2, -0.15) is 0 Å². The van der Waals surface area contributed by atoms with Crippen molar-refractivity contribution in [1.29, 1.82) is 0 Å². The van der Waals surface area contributed by atoms with Crippen molar-refractivity contribution in [3.63, 3.8) is 0 Å². The van der Waals surface area contributed by atoms with Gasteiger partial charge < -0.3 is 15.8 Å². The lowest BCUT2D eigenvalue weighted by atomic mass is 10.2. The predicted octanol–water partition coefficient (Wildman–Crippen LogP) is -0.728. The SMILES string of the molecule is Cl.NC(=O)CC1CNCCO1. The van der Waals surface area contributed by atoms with Gasteiger partial charge in [0.05, 0.1) is 19.1 Å². The molecule has 1 aliphatic heterocycles. The summed E-state index contributed by atoms with van der Waals surface area (Å²) in [6.45, 7) is 2.29. The number of carbonyl (C=O) groups is 1.